The largest absolute Gasteiger partial charge is 0.452 e. The van der Waals surface area contributed by atoms with Crippen LogP contribution in [0.25, 0.3) is 0 Å². The highest BCUT2D eigenvalue weighted by molar-refractivity contribution is 6.39. The number of hydrogen-bond acceptors (Lipinski definition) is 3. The lowest BCUT2D eigenvalue weighted by Gasteiger charge is -2.16. The summed E-state index contributed by atoms with van der Waals surface area (Å²) in [5.41, 5.74) is 3.24. The van der Waals surface area contributed by atoms with Gasteiger partial charge in [-0.3, -0.25) is 4.79 Å². The molecule has 1 N–H and O–H groups in total. The molecule has 0 bridgehead atoms. The Morgan fingerprint density at radius 1 is 1.00 bits per heavy atom. The lowest BCUT2D eigenvalue weighted by atomic mass is 9.90. The second kappa shape index (κ2) is 7.89. The van der Waals surface area contributed by atoms with Gasteiger partial charge in [0.1, 0.15) is 0 Å². The molecule has 0 radical (unpaired) electrons. The molecule has 4 nitrogen and oxygen atoms in total. The molecule has 25 heavy (non-hydrogen) atoms. The van der Waals surface area contributed by atoms with Gasteiger partial charge in [-0.15, -0.1) is 0 Å². The van der Waals surface area contributed by atoms with E-state index in [1.54, 1.807) is 24.3 Å². The standard InChI is InChI=1S/C19H17Cl2NO3/c20-15-6-3-7-16(21)18(15)22-17(23)11-25-19(24)14-9-8-12-4-1-2-5-13(12)10-14/h3,6-10H,1-2,4-5,11H2,(H,22,23). The van der Waals surface area contributed by atoms with Crippen molar-refractivity contribution >= 4 is 40.8 Å². The Bertz CT molecular complexity index is 800. The van der Waals surface area contributed by atoms with Crippen LogP contribution in [0.1, 0.15) is 34.3 Å². The number of carbonyl (C=O) groups is 2. The lowest BCUT2D eigenvalue weighted by molar-refractivity contribution is -0.119. The smallest absolute Gasteiger partial charge is 0.338 e. The molecule has 0 saturated heterocycles. The minimum absolute atomic E-state index is 0.306. The highest BCUT2D eigenvalue weighted by Gasteiger charge is 2.16. The van der Waals surface area contributed by atoms with Crippen molar-refractivity contribution in [2.45, 2.75) is 25.7 Å². The molecule has 2 aromatic rings. The molecule has 2 aromatic carbocycles. The van der Waals surface area contributed by atoms with E-state index in [-0.39, 0.29) is 0 Å². The van der Waals surface area contributed by atoms with E-state index in [4.69, 9.17) is 27.9 Å². The van der Waals surface area contributed by atoms with E-state index in [2.05, 4.69) is 5.32 Å². The number of esters is 1. The number of anilines is 1. The molecule has 0 saturated carbocycles. The molecule has 1 aliphatic carbocycles. The first-order valence-electron chi connectivity index (χ1n) is 8.07. The molecule has 0 fully saturated rings. The van der Waals surface area contributed by atoms with Gasteiger partial charge in [0, 0.05) is 0 Å². The predicted molar refractivity (Wildman–Crippen MR) is 98.5 cm³/mol. The van der Waals surface area contributed by atoms with Crippen LogP contribution in [-0.2, 0) is 22.4 Å². The molecule has 3 rings (SSSR count). The summed E-state index contributed by atoms with van der Waals surface area (Å²) in [6.45, 7) is -0.405. The maximum absolute atomic E-state index is 12.2. The number of amides is 1. The Morgan fingerprint density at radius 2 is 1.68 bits per heavy atom. The lowest BCUT2D eigenvalue weighted by Crippen LogP contribution is -2.21. The van der Waals surface area contributed by atoms with Crippen molar-refractivity contribution in [1.29, 1.82) is 0 Å². The molecular weight excluding hydrogens is 361 g/mol. The van der Waals surface area contributed by atoms with Crippen molar-refractivity contribution in [3.63, 3.8) is 0 Å². The van der Waals surface area contributed by atoms with Gasteiger partial charge in [0.2, 0.25) is 0 Å². The summed E-state index contributed by atoms with van der Waals surface area (Å²) >= 11 is 12.0. The normalized spacial score (nSPS) is 13.0. The molecule has 1 amide bonds. The fourth-order valence-corrected chi connectivity index (χ4v) is 3.36. The van der Waals surface area contributed by atoms with Gasteiger partial charge in [-0.1, -0.05) is 35.3 Å². The van der Waals surface area contributed by atoms with Crippen LogP contribution in [0.4, 0.5) is 5.69 Å². The summed E-state index contributed by atoms with van der Waals surface area (Å²) in [7, 11) is 0. The Labute approximate surface area is 156 Å². The van der Waals surface area contributed by atoms with Crippen LogP contribution in [0.3, 0.4) is 0 Å². The number of fused-ring (bicyclic) bond motifs is 1. The van der Waals surface area contributed by atoms with Crippen molar-refractivity contribution in [2.24, 2.45) is 0 Å². The maximum atomic E-state index is 12.2. The van der Waals surface area contributed by atoms with E-state index in [0.717, 1.165) is 19.3 Å². The van der Waals surface area contributed by atoms with E-state index in [1.165, 1.54) is 17.5 Å². The molecule has 0 unspecified atom stereocenters. The van der Waals surface area contributed by atoms with Gasteiger partial charge >= 0.3 is 5.97 Å². The zero-order valence-corrected chi connectivity index (χ0v) is 15.0. The number of nitrogens with one attached hydrogen (secondary N) is 1. The van der Waals surface area contributed by atoms with Crippen molar-refractivity contribution in [2.75, 3.05) is 11.9 Å². The average Bonchev–Trinajstić information content (AvgIpc) is 2.62. The summed E-state index contributed by atoms with van der Waals surface area (Å²) < 4.78 is 5.10. The van der Waals surface area contributed by atoms with Crippen LogP contribution < -0.4 is 5.32 Å². The Morgan fingerprint density at radius 3 is 2.40 bits per heavy atom. The average molecular weight is 378 g/mol. The highest BCUT2D eigenvalue weighted by Crippen LogP contribution is 2.29. The highest BCUT2D eigenvalue weighted by atomic mass is 35.5. The van der Waals surface area contributed by atoms with Crippen LogP contribution in [0.15, 0.2) is 36.4 Å². The van der Waals surface area contributed by atoms with Gasteiger partial charge in [0.05, 0.1) is 21.3 Å². The number of rotatable bonds is 4. The number of para-hydroxylation sites is 1. The van der Waals surface area contributed by atoms with Gasteiger partial charge in [-0.25, -0.2) is 4.79 Å². The van der Waals surface area contributed by atoms with Crippen LogP contribution in [0, 0.1) is 0 Å². The van der Waals surface area contributed by atoms with E-state index in [0.29, 0.717) is 21.3 Å². The Kier molecular flexibility index (Phi) is 5.61. The Hall–Kier alpha value is -2.04. The number of ether oxygens (including phenoxy) is 1. The minimum Gasteiger partial charge on any atom is -0.452 e. The van der Waals surface area contributed by atoms with Crippen molar-refractivity contribution < 1.29 is 14.3 Å². The monoisotopic (exact) mass is 377 g/mol. The van der Waals surface area contributed by atoms with Crippen LogP contribution in [0.5, 0.6) is 0 Å². The van der Waals surface area contributed by atoms with Crippen molar-refractivity contribution in [1.82, 2.24) is 0 Å². The first-order chi connectivity index (χ1) is 12.0. The Balaban J connectivity index is 1.59. The molecule has 6 heteroatoms. The van der Waals surface area contributed by atoms with Crippen molar-refractivity contribution in [3.05, 3.63) is 63.1 Å². The van der Waals surface area contributed by atoms with E-state index >= 15 is 0 Å². The summed E-state index contributed by atoms with van der Waals surface area (Å²) in [5.74, 6) is -1.02. The molecule has 0 atom stereocenters. The van der Waals surface area contributed by atoms with E-state index in [1.807, 2.05) is 12.1 Å². The molecule has 1 aliphatic rings. The molecular formula is C19H17Cl2NO3. The number of hydrogen-bond donors (Lipinski definition) is 1. The third-order valence-electron chi connectivity index (χ3n) is 4.15. The third kappa shape index (κ3) is 4.33. The van der Waals surface area contributed by atoms with Gasteiger partial charge in [0.15, 0.2) is 6.61 Å². The quantitative estimate of drug-likeness (QED) is 0.787. The second-order valence-corrected chi connectivity index (χ2v) is 6.73. The summed E-state index contributed by atoms with van der Waals surface area (Å²) in [5, 5.41) is 3.20. The zero-order valence-electron chi connectivity index (χ0n) is 13.5. The number of halogens is 2. The van der Waals surface area contributed by atoms with Crippen LogP contribution >= 0.6 is 23.2 Å². The fraction of sp³-hybridized carbons (Fsp3) is 0.263. The summed E-state index contributed by atoms with van der Waals surface area (Å²) in [4.78, 5) is 24.1. The third-order valence-corrected chi connectivity index (χ3v) is 4.78. The van der Waals surface area contributed by atoms with Crippen molar-refractivity contribution in [3.8, 4) is 0 Å². The van der Waals surface area contributed by atoms with E-state index in [9.17, 15) is 9.59 Å². The number of benzene rings is 2. The molecule has 0 aliphatic heterocycles. The zero-order chi connectivity index (χ0) is 17.8. The van der Waals surface area contributed by atoms with Gasteiger partial charge in [-0.2, -0.15) is 0 Å². The first-order valence-corrected chi connectivity index (χ1v) is 8.83. The predicted octanol–water partition coefficient (Wildman–Crippen LogP) is 4.67. The molecule has 0 aromatic heterocycles. The topological polar surface area (TPSA) is 55.4 Å². The number of aryl methyl sites for hydroxylation is 2. The number of carbonyl (C=O) groups excluding carboxylic acids is 2. The van der Waals surface area contributed by atoms with Gasteiger partial charge in [0.25, 0.3) is 5.91 Å². The second-order valence-electron chi connectivity index (χ2n) is 5.91. The summed E-state index contributed by atoms with van der Waals surface area (Å²) in [6, 6.07) is 10.5. The molecule has 0 spiro atoms. The van der Waals surface area contributed by atoms with E-state index < -0.39 is 18.5 Å². The molecule has 0 heterocycles. The fourth-order valence-electron chi connectivity index (χ4n) is 2.87. The minimum atomic E-state index is -0.520. The maximum Gasteiger partial charge on any atom is 0.338 e. The first kappa shape index (κ1) is 17.8. The summed E-state index contributed by atoms with van der Waals surface area (Å²) in [6.07, 6.45) is 4.33. The van der Waals surface area contributed by atoms with Crippen LogP contribution in [-0.4, -0.2) is 18.5 Å². The molecule has 130 valence electrons. The van der Waals surface area contributed by atoms with Gasteiger partial charge < -0.3 is 10.1 Å². The van der Waals surface area contributed by atoms with Gasteiger partial charge in [-0.05, 0) is 61.1 Å². The van der Waals surface area contributed by atoms with Crippen LogP contribution in [0.2, 0.25) is 10.0 Å². The SMILES string of the molecule is O=C(COC(=O)c1ccc2c(c1)CCCC2)Nc1c(Cl)cccc1Cl.